The molecule has 2 aromatic carbocycles. The SMILES string of the molecule is C[C@@H]1C[C@@H](C)CN(S(=O)(=O)c2ccc3nnn(OCc4ccccc4)c3c2)C1. The van der Waals surface area contributed by atoms with Gasteiger partial charge in [-0.15, -0.1) is 5.10 Å². The minimum Gasteiger partial charge on any atom is -0.390 e. The molecule has 0 unspecified atom stereocenters. The second-order valence-corrected chi connectivity index (χ2v) is 9.58. The van der Waals surface area contributed by atoms with Crippen molar-refractivity contribution in [3.63, 3.8) is 0 Å². The molecular weight excluding hydrogens is 376 g/mol. The van der Waals surface area contributed by atoms with Crippen molar-refractivity contribution in [3.8, 4) is 0 Å². The lowest BCUT2D eigenvalue weighted by Gasteiger charge is -2.34. The van der Waals surface area contributed by atoms with Crippen molar-refractivity contribution < 1.29 is 13.3 Å². The zero-order valence-electron chi connectivity index (χ0n) is 16.0. The molecule has 7 nitrogen and oxygen atoms in total. The first-order valence-corrected chi connectivity index (χ1v) is 10.9. The van der Waals surface area contributed by atoms with Crippen molar-refractivity contribution in [2.75, 3.05) is 13.1 Å². The number of sulfonamides is 1. The van der Waals surface area contributed by atoms with Crippen molar-refractivity contribution in [3.05, 3.63) is 54.1 Å². The maximum Gasteiger partial charge on any atom is 0.243 e. The van der Waals surface area contributed by atoms with Crippen LogP contribution in [-0.4, -0.2) is 41.0 Å². The van der Waals surface area contributed by atoms with Gasteiger partial charge in [0.2, 0.25) is 10.0 Å². The molecule has 3 aromatic rings. The van der Waals surface area contributed by atoms with Crippen LogP contribution in [0.15, 0.2) is 53.4 Å². The largest absolute Gasteiger partial charge is 0.390 e. The van der Waals surface area contributed by atoms with Gasteiger partial charge in [-0.05, 0) is 47.2 Å². The minimum absolute atomic E-state index is 0.244. The maximum atomic E-state index is 13.2. The summed E-state index contributed by atoms with van der Waals surface area (Å²) in [5.74, 6) is 0.701. The Hall–Kier alpha value is -2.45. The third-order valence-corrected chi connectivity index (χ3v) is 6.88. The Balaban J connectivity index is 1.61. The number of benzene rings is 2. The molecule has 148 valence electrons. The molecule has 0 N–H and O–H groups in total. The summed E-state index contributed by atoms with van der Waals surface area (Å²) in [5, 5.41) is 8.08. The summed E-state index contributed by atoms with van der Waals surface area (Å²) in [5.41, 5.74) is 2.12. The van der Waals surface area contributed by atoms with Crippen molar-refractivity contribution in [2.24, 2.45) is 11.8 Å². The van der Waals surface area contributed by atoms with Crippen molar-refractivity contribution >= 4 is 21.1 Å². The van der Waals surface area contributed by atoms with Crippen LogP contribution >= 0.6 is 0 Å². The fourth-order valence-corrected chi connectivity index (χ4v) is 5.49. The molecule has 28 heavy (non-hydrogen) atoms. The monoisotopic (exact) mass is 400 g/mol. The molecule has 8 heteroatoms. The van der Waals surface area contributed by atoms with E-state index >= 15 is 0 Å². The van der Waals surface area contributed by atoms with Crippen LogP contribution in [-0.2, 0) is 16.6 Å². The lowest BCUT2D eigenvalue weighted by Crippen LogP contribution is -2.42. The number of rotatable bonds is 5. The Morgan fingerprint density at radius 2 is 1.79 bits per heavy atom. The highest BCUT2D eigenvalue weighted by Gasteiger charge is 2.32. The Morgan fingerprint density at radius 3 is 2.50 bits per heavy atom. The first-order valence-electron chi connectivity index (χ1n) is 9.46. The standard InChI is InChI=1S/C20H24N4O3S/c1-15-10-16(2)13-23(12-15)28(25,26)18-8-9-19-20(11-18)24(22-21-19)27-14-17-6-4-3-5-7-17/h3-9,11,15-16H,10,12-14H2,1-2H3/t15-,16-/m1/s1. The van der Waals surface area contributed by atoms with E-state index in [1.807, 2.05) is 30.3 Å². The van der Waals surface area contributed by atoms with Gasteiger partial charge in [-0.3, -0.25) is 0 Å². The summed E-state index contributed by atoms with van der Waals surface area (Å²) < 4.78 is 27.9. The van der Waals surface area contributed by atoms with Crippen LogP contribution in [0.2, 0.25) is 0 Å². The Morgan fingerprint density at radius 1 is 1.07 bits per heavy atom. The van der Waals surface area contributed by atoms with Gasteiger partial charge in [-0.2, -0.15) is 4.31 Å². The van der Waals surface area contributed by atoms with Crippen LogP contribution in [0.5, 0.6) is 0 Å². The van der Waals surface area contributed by atoms with E-state index < -0.39 is 10.0 Å². The van der Waals surface area contributed by atoms with Crippen LogP contribution in [0.1, 0.15) is 25.8 Å². The van der Waals surface area contributed by atoms with Gasteiger partial charge in [0.05, 0.1) is 4.90 Å². The van der Waals surface area contributed by atoms with Crippen LogP contribution < -0.4 is 4.84 Å². The van der Waals surface area contributed by atoms with Gasteiger partial charge in [-0.25, -0.2) is 8.42 Å². The lowest BCUT2D eigenvalue weighted by molar-refractivity contribution is 0.0751. The minimum atomic E-state index is -3.57. The van der Waals surface area contributed by atoms with Gasteiger partial charge in [-0.1, -0.05) is 49.0 Å². The molecule has 4 rings (SSSR count). The highest BCUT2D eigenvalue weighted by molar-refractivity contribution is 7.89. The van der Waals surface area contributed by atoms with E-state index in [1.54, 1.807) is 22.5 Å². The Labute approximate surface area is 164 Å². The van der Waals surface area contributed by atoms with Gasteiger partial charge >= 0.3 is 0 Å². The number of aromatic nitrogens is 3. The van der Waals surface area contributed by atoms with Crippen LogP contribution in [0, 0.1) is 11.8 Å². The summed E-state index contributed by atoms with van der Waals surface area (Å²) in [6.45, 7) is 5.60. The summed E-state index contributed by atoms with van der Waals surface area (Å²) in [6.07, 6.45) is 1.05. The molecule has 0 radical (unpaired) electrons. The zero-order chi connectivity index (χ0) is 19.7. The molecule has 1 aliphatic rings. The normalized spacial score (nSPS) is 21.1. The van der Waals surface area contributed by atoms with E-state index in [2.05, 4.69) is 24.2 Å². The fourth-order valence-electron chi connectivity index (χ4n) is 3.79. The van der Waals surface area contributed by atoms with E-state index in [9.17, 15) is 8.42 Å². The quantitative estimate of drug-likeness (QED) is 0.658. The number of fused-ring (bicyclic) bond motifs is 1. The van der Waals surface area contributed by atoms with E-state index in [-0.39, 0.29) is 4.90 Å². The molecule has 1 saturated heterocycles. The molecule has 0 bridgehead atoms. The summed E-state index contributed by atoms with van der Waals surface area (Å²) in [7, 11) is -3.57. The number of piperidine rings is 1. The average molecular weight is 401 g/mol. The predicted octanol–water partition coefficient (Wildman–Crippen LogP) is 2.73. The first kappa shape index (κ1) is 18.9. The molecule has 2 heterocycles. The first-order chi connectivity index (χ1) is 13.4. The van der Waals surface area contributed by atoms with E-state index in [0.717, 1.165) is 12.0 Å². The molecule has 0 saturated carbocycles. The lowest BCUT2D eigenvalue weighted by atomic mass is 9.94. The second-order valence-electron chi connectivity index (χ2n) is 7.64. The third kappa shape index (κ3) is 3.74. The van der Waals surface area contributed by atoms with Crippen molar-refractivity contribution in [1.82, 2.24) is 19.5 Å². The Kier molecular flexibility index (Phi) is 5.07. The summed E-state index contributed by atoms with van der Waals surface area (Å²) in [6, 6.07) is 14.6. The van der Waals surface area contributed by atoms with Crippen molar-refractivity contribution in [2.45, 2.75) is 31.8 Å². The van der Waals surface area contributed by atoms with Gasteiger partial charge in [0.1, 0.15) is 17.6 Å². The maximum absolute atomic E-state index is 13.2. The van der Waals surface area contributed by atoms with Gasteiger partial charge in [0, 0.05) is 13.1 Å². The highest BCUT2D eigenvalue weighted by atomic mass is 32.2. The molecule has 0 spiro atoms. The van der Waals surface area contributed by atoms with E-state index in [0.29, 0.717) is 42.6 Å². The average Bonchev–Trinajstić information content (AvgIpc) is 3.09. The second kappa shape index (κ2) is 7.52. The Bertz CT molecular complexity index is 1060. The third-order valence-electron chi connectivity index (χ3n) is 5.06. The summed E-state index contributed by atoms with van der Waals surface area (Å²) >= 11 is 0. The molecule has 1 fully saturated rings. The van der Waals surface area contributed by atoms with Gasteiger partial charge in [0.15, 0.2) is 0 Å². The zero-order valence-corrected chi connectivity index (χ0v) is 16.8. The van der Waals surface area contributed by atoms with Gasteiger partial charge < -0.3 is 4.84 Å². The molecule has 1 aromatic heterocycles. The van der Waals surface area contributed by atoms with Crippen LogP contribution in [0.4, 0.5) is 0 Å². The molecular formula is C20H24N4O3S. The van der Waals surface area contributed by atoms with E-state index in [4.69, 9.17) is 4.84 Å². The number of hydrogen-bond donors (Lipinski definition) is 0. The number of nitrogens with zero attached hydrogens (tertiary/aromatic N) is 4. The van der Waals surface area contributed by atoms with Crippen molar-refractivity contribution in [1.29, 1.82) is 0 Å². The molecule has 2 atom stereocenters. The molecule has 0 aliphatic carbocycles. The molecule has 1 aliphatic heterocycles. The fraction of sp³-hybridized carbons (Fsp3) is 0.400. The summed E-state index contributed by atoms with van der Waals surface area (Å²) in [4.78, 5) is 7.27. The molecule has 0 amide bonds. The highest BCUT2D eigenvalue weighted by Crippen LogP contribution is 2.27. The van der Waals surface area contributed by atoms with E-state index in [1.165, 1.54) is 4.85 Å². The van der Waals surface area contributed by atoms with Crippen LogP contribution in [0.25, 0.3) is 11.0 Å². The smallest absolute Gasteiger partial charge is 0.243 e. The van der Waals surface area contributed by atoms with Crippen LogP contribution in [0.3, 0.4) is 0 Å². The number of hydrogen-bond acceptors (Lipinski definition) is 5. The van der Waals surface area contributed by atoms with Gasteiger partial charge in [0.25, 0.3) is 0 Å². The predicted molar refractivity (Wildman–Crippen MR) is 106 cm³/mol. The topological polar surface area (TPSA) is 77.3 Å².